The predicted molar refractivity (Wildman–Crippen MR) is 39.4 cm³/mol. The highest BCUT2D eigenvalue weighted by Gasteiger charge is 2.43. The van der Waals surface area contributed by atoms with Crippen molar-refractivity contribution in [3.05, 3.63) is 11.6 Å². The number of fused-ring (bicyclic) bond motifs is 2. The van der Waals surface area contributed by atoms with Crippen LogP contribution in [-0.2, 0) is 14.3 Å². The van der Waals surface area contributed by atoms with Gasteiger partial charge in [0, 0.05) is 6.42 Å². The third kappa shape index (κ3) is 0.956. The van der Waals surface area contributed by atoms with Crippen LogP contribution in [-0.4, -0.2) is 36.5 Å². The molecule has 2 aliphatic heterocycles. The molecule has 0 spiro atoms. The molecule has 0 amide bonds. The molecule has 1 fully saturated rings. The average molecular weight is 170 g/mol. The minimum Gasteiger partial charge on any atom is -0.466 e. The molecule has 3 atom stereocenters. The van der Waals surface area contributed by atoms with Crippen LogP contribution in [0.3, 0.4) is 0 Å². The number of hydrogen-bond donors (Lipinski definition) is 1. The van der Waals surface area contributed by atoms with Crippen LogP contribution in [0.4, 0.5) is 0 Å². The highest BCUT2D eigenvalue weighted by Crippen LogP contribution is 2.34. The summed E-state index contributed by atoms with van der Waals surface area (Å²) < 4.78 is 9.83. The van der Waals surface area contributed by atoms with Gasteiger partial charge < -0.3 is 14.6 Å². The molecule has 1 saturated heterocycles. The number of methoxy groups -OCH3 is 1. The summed E-state index contributed by atoms with van der Waals surface area (Å²) in [4.78, 5) is 11.1. The first-order valence-corrected chi connectivity index (χ1v) is 3.86. The molecule has 0 aromatic rings. The molecule has 66 valence electrons. The van der Waals surface area contributed by atoms with Crippen LogP contribution < -0.4 is 0 Å². The molecule has 4 nitrogen and oxygen atoms in total. The maximum absolute atomic E-state index is 11.1. The Labute approximate surface area is 69.8 Å². The molecule has 2 aliphatic rings. The van der Waals surface area contributed by atoms with Gasteiger partial charge in [0.25, 0.3) is 0 Å². The van der Waals surface area contributed by atoms with Gasteiger partial charge in [-0.3, -0.25) is 0 Å². The minimum atomic E-state index is -0.455. The fraction of sp³-hybridized carbons (Fsp3) is 0.625. The van der Waals surface area contributed by atoms with E-state index in [9.17, 15) is 9.90 Å². The van der Waals surface area contributed by atoms with Gasteiger partial charge in [0.05, 0.1) is 24.9 Å². The number of carbonyl (C=O) groups excluding carboxylic acids is 1. The Balaban J connectivity index is 2.17. The van der Waals surface area contributed by atoms with E-state index >= 15 is 0 Å². The molecule has 0 aliphatic carbocycles. The van der Waals surface area contributed by atoms with Crippen LogP contribution in [0.1, 0.15) is 6.42 Å². The second kappa shape index (κ2) is 2.57. The second-order valence-corrected chi connectivity index (χ2v) is 3.01. The monoisotopic (exact) mass is 170 g/mol. The first kappa shape index (κ1) is 7.76. The van der Waals surface area contributed by atoms with Crippen molar-refractivity contribution in [3.63, 3.8) is 0 Å². The Morgan fingerprint density at radius 3 is 3.00 bits per heavy atom. The summed E-state index contributed by atoms with van der Waals surface area (Å²) in [6.07, 6.45) is 1.14. The third-order valence-electron chi connectivity index (χ3n) is 2.27. The Bertz CT molecular complexity index is 245. The van der Waals surface area contributed by atoms with E-state index in [4.69, 9.17) is 4.74 Å². The van der Waals surface area contributed by atoms with Crippen LogP contribution in [0.5, 0.6) is 0 Å². The van der Waals surface area contributed by atoms with Gasteiger partial charge >= 0.3 is 5.97 Å². The molecule has 0 saturated carbocycles. The molecule has 0 aromatic carbocycles. The molecule has 4 heteroatoms. The topological polar surface area (TPSA) is 55.8 Å². The van der Waals surface area contributed by atoms with Crippen molar-refractivity contribution >= 4 is 5.97 Å². The number of aliphatic hydroxyl groups excluding tert-OH is 1. The number of carbonyl (C=O) groups is 1. The molecule has 0 aromatic heterocycles. The first-order chi connectivity index (χ1) is 5.72. The van der Waals surface area contributed by atoms with Gasteiger partial charge in [-0.15, -0.1) is 0 Å². The van der Waals surface area contributed by atoms with Crippen molar-refractivity contribution in [2.45, 2.75) is 24.7 Å². The third-order valence-corrected chi connectivity index (χ3v) is 2.27. The Morgan fingerprint density at radius 2 is 2.58 bits per heavy atom. The molecule has 1 N–H and O–H groups in total. The number of rotatable bonds is 1. The lowest BCUT2D eigenvalue weighted by atomic mass is 9.97. The van der Waals surface area contributed by atoms with Crippen molar-refractivity contribution < 1.29 is 19.4 Å². The van der Waals surface area contributed by atoms with E-state index in [1.54, 1.807) is 6.08 Å². The summed E-state index contributed by atoms with van der Waals surface area (Å²) in [7, 11) is 1.34. The number of hydrogen-bond acceptors (Lipinski definition) is 4. The quantitative estimate of drug-likeness (QED) is 0.545. The van der Waals surface area contributed by atoms with Crippen molar-refractivity contribution in [2.75, 3.05) is 7.11 Å². The summed E-state index contributed by atoms with van der Waals surface area (Å²) in [6.45, 7) is 0. The normalized spacial score (nSPS) is 38.2. The van der Waals surface area contributed by atoms with Gasteiger partial charge in [0.2, 0.25) is 0 Å². The van der Waals surface area contributed by atoms with Crippen LogP contribution in [0.2, 0.25) is 0 Å². The van der Waals surface area contributed by atoms with Crippen LogP contribution >= 0.6 is 0 Å². The molecule has 12 heavy (non-hydrogen) atoms. The minimum absolute atomic E-state index is 0.252. The molecular weight excluding hydrogens is 160 g/mol. The van der Waals surface area contributed by atoms with E-state index in [2.05, 4.69) is 4.74 Å². The average Bonchev–Trinajstić information content (AvgIpc) is 2.60. The maximum atomic E-state index is 11.1. The summed E-state index contributed by atoms with van der Waals surface area (Å²) in [5.74, 6) is -0.352. The Morgan fingerprint density at radius 1 is 1.83 bits per heavy atom. The molecular formula is C8H10O4. The lowest BCUT2D eigenvalue weighted by Gasteiger charge is -2.10. The van der Waals surface area contributed by atoms with E-state index in [0.29, 0.717) is 12.0 Å². The Hall–Kier alpha value is -0.870. The lowest BCUT2D eigenvalue weighted by molar-refractivity contribution is -0.137. The Kier molecular flexibility index (Phi) is 1.66. The number of aliphatic hydroxyl groups is 1. The van der Waals surface area contributed by atoms with Crippen molar-refractivity contribution in [2.24, 2.45) is 0 Å². The molecule has 0 radical (unpaired) electrons. The highest BCUT2D eigenvalue weighted by atomic mass is 16.5. The van der Waals surface area contributed by atoms with Gasteiger partial charge in [0.1, 0.15) is 6.10 Å². The number of ether oxygens (including phenoxy) is 2. The van der Waals surface area contributed by atoms with E-state index in [0.717, 1.165) is 0 Å². The first-order valence-electron chi connectivity index (χ1n) is 3.86. The van der Waals surface area contributed by atoms with E-state index < -0.39 is 6.10 Å². The van der Waals surface area contributed by atoms with Crippen LogP contribution in [0.25, 0.3) is 0 Å². The molecule has 0 unspecified atom stereocenters. The van der Waals surface area contributed by atoms with Gasteiger partial charge in [-0.05, 0) is 6.08 Å². The van der Waals surface area contributed by atoms with Crippen LogP contribution in [0, 0.1) is 0 Å². The SMILES string of the molecule is COC(=O)C1=C[C@@H]2O[C@@H]1C[C@@H]2O. The molecule has 2 heterocycles. The molecule has 2 rings (SSSR count). The zero-order valence-electron chi connectivity index (χ0n) is 6.69. The lowest BCUT2D eigenvalue weighted by Crippen LogP contribution is -2.22. The van der Waals surface area contributed by atoms with Gasteiger partial charge in [-0.1, -0.05) is 0 Å². The van der Waals surface area contributed by atoms with E-state index in [-0.39, 0.29) is 18.2 Å². The molecule has 2 bridgehead atoms. The highest BCUT2D eigenvalue weighted by molar-refractivity contribution is 5.90. The van der Waals surface area contributed by atoms with E-state index in [1.165, 1.54) is 7.11 Å². The van der Waals surface area contributed by atoms with Crippen molar-refractivity contribution in [3.8, 4) is 0 Å². The van der Waals surface area contributed by atoms with Crippen molar-refractivity contribution in [1.29, 1.82) is 0 Å². The zero-order valence-corrected chi connectivity index (χ0v) is 6.69. The predicted octanol–water partition coefficient (Wildman–Crippen LogP) is -0.382. The fourth-order valence-corrected chi connectivity index (χ4v) is 1.64. The number of esters is 1. The standard InChI is InChI=1S/C8H10O4/c1-11-8(10)4-2-7-5(9)3-6(4)12-7/h2,5-7,9H,3H2,1H3/t5-,6+,7-/m0/s1. The zero-order chi connectivity index (χ0) is 8.72. The van der Waals surface area contributed by atoms with Crippen LogP contribution in [0.15, 0.2) is 11.6 Å². The van der Waals surface area contributed by atoms with Gasteiger partial charge in [-0.25, -0.2) is 4.79 Å². The van der Waals surface area contributed by atoms with Crippen molar-refractivity contribution in [1.82, 2.24) is 0 Å². The maximum Gasteiger partial charge on any atom is 0.336 e. The summed E-state index contributed by atoms with van der Waals surface area (Å²) >= 11 is 0. The summed E-state index contributed by atoms with van der Waals surface area (Å²) in [5.41, 5.74) is 0.549. The summed E-state index contributed by atoms with van der Waals surface area (Å²) in [5, 5.41) is 9.27. The second-order valence-electron chi connectivity index (χ2n) is 3.01. The largest absolute Gasteiger partial charge is 0.466 e. The summed E-state index contributed by atoms with van der Waals surface area (Å²) in [6, 6.07) is 0. The van der Waals surface area contributed by atoms with E-state index in [1.807, 2.05) is 0 Å². The smallest absolute Gasteiger partial charge is 0.336 e. The van der Waals surface area contributed by atoms with Gasteiger partial charge in [-0.2, -0.15) is 0 Å². The fourth-order valence-electron chi connectivity index (χ4n) is 1.64. The van der Waals surface area contributed by atoms with Gasteiger partial charge in [0.15, 0.2) is 0 Å².